The molecular weight excluding hydrogens is 462 g/mol. The van der Waals surface area contributed by atoms with Gasteiger partial charge in [0.1, 0.15) is 5.82 Å². The fourth-order valence-electron chi connectivity index (χ4n) is 3.68. The van der Waals surface area contributed by atoms with E-state index in [0.29, 0.717) is 20.9 Å². The number of amides is 2. The molecule has 0 bridgehead atoms. The highest BCUT2D eigenvalue weighted by Gasteiger charge is 2.40. The Morgan fingerprint density at radius 2 is 2.09 bits per heavy atom. The third-order valence-corrected chi connectivity index (χ3v) is 6.63. The highest BCUT2D eigenvalue weighted by Crippen LogP contribution is 2.39. The molecule has 11 heteroatoms. The zero-order valence-electron chi connectivity index (χ0n) is 16.9. The number of nitrogens with one attached hydrogen (secondary N) is 1. The van der Waals surface area contributed by atoms with Gasteiger partial charge in [-0.1, -0.05) is 22.9 Å². The van der Waals surface area contributed by atoms with E-state index in [1.54, 1.807) is 12.1 Å². The number of aliphatic hydroxyl groups is 2. The van der Waals surface area contributed by atoms with Crippen LogP contribution in [0.3, 0.4) is 0 Å². The maximum atomic E-state index is 15.6. The number of urea groups is 1. The largest absolute Gasteiger partial charge is 0.394 e. The lowest BCUT2D eigenvalue weighted by Crippen LogP contribution is -2.45. The predicted octanol–water partition coefficient (Wildman–Crippen LogP) is 3.87. The fraction of sp³-hybridized carbons (Fsp3) is 0.381. The van der Waals surface area contributed by atoms with E-state index in [4.69, 9.17) is 16.7 Å². The number of hydrogen-bond donors (Lipinski definition) is 3. The number of rotatable bonds is 5. The number of anilines is 1. The second-order valence-electron chi connectivity index (χ2n) is 7.73. The minimum Gasteiger partial charge on any atom is -0.394 e. The Kier molecular flexibility index (Phi) is 6.57. The second kappa shape index (κ2) is 9.22. The summed E-state index contributed by atoms with van der Waals surface area (Å²) in [6.07, 6.45) is 0.716. The molecule has 1 aromatic carbocycles. The molecule has 3 N–H and O–H groups in total. The van der Waals surface area contributed by atoms with E-state index >= 15 is 4.39 Å². The van der Waals surface area contributed by atoms with Gasteiger partial charge in [-0.25, -0.2) is 18.6 Å². The predicted molar refractivity (Wildman–Crippen MR) is 118 cm³/mol. The van der Waals surface area contributed by atoms with Crippen molar-refractivity contribution in [2.24, 2.45) is 0 Å². The normalized spacial score (nSPS) is 16.8. The number of halogens is 3. The Morgan fingerprint density at radius 1 is 1.34 bits per heavy atom. The van der Waals surface area contributed by atoms with Gasteiger partial charge in [-0.15, -0.1) is 0 Å². The van der Waals surface area contributed by atoms with Crippen LogP contribution in [-0.2, 0) is 12.1 Å². The summed E-state index contributed by atoms with van der Waals surface area (Å²) < 4.78 is 29.6. The number of nitrogens with zero attached hydrogens (tertiary/aromatic N) is 3. The average Bonchev–Trinajstić information content (AvgIpc) is 3.15. The first-order chi connectivity index (χ1) is 15.3. The Labute approximate surface area is 191 Å². The zero-order valence-corrected chi connectivity index (χ0v) is 18.5. The summed E-state index contributed by atoms with van der Waals surface area (Å²) in [7, 11) is 0. The summed E-state index contributed by atoms with van der Waals surface area (Å²) in [6.45, 7) is -0.0755. The lowest BCUT2D eigenvalue weighted by Gasteiger charge is -2.36. The van der Waals surface area contributed by atoms with Gasteiger partial charge in [0.15, 0.2) is 10.8 Å². The first-order valence-electron chi connectivity index (χ1n) is 10.0. The Morgan fingerprint density at radius 3 is 2.78 bits per heavy atom. The third-order valence-electron chi connectivity index (χ3n) is 5.41. The molecule has 1 fully saturated rings. The number of alkyl halides is 1. The van der Waals surface area contributed by atoms with E-state index in [2.05, 4.69) is 15.3 Å². The Bertz CT molecular complexity index is 1140. The molecule has 1 unspecified atom stereocenters. The van der Waals surface area contributed by atoms with Crippen molar-refractivity contribution in [3.8, 4) is 0 Å². The molecule has 170 valence electrons. The topological polar surface area (TPSA) is 98.6 Å². The van der Waals surface area contributed by atoms with E-state index in [1.165, 1.54) is 23.2 Å². The molecule has 0 spiro atoms. The van der Waals surface area contributed by atoms with Gasteiger partial charge in [0.25, 0.3) is 0 Å². The maximum absolute atomic E-state index is 15.6. The van der Waals surface area contributed by atoms with Crippen LogP contribution in [0.25, 0.3) is 10.2 Å². The average molecular weight is 483 g/mol. The zero-order chi connectivity index (χ0) is 22.9. The van der Waals surface area contributed by atoms with Gasteiger partial charge in [-0.3, -0.25) is 10.3 Å². The first-order valence-corrected chi connectivity index (χ1v) is 11.2. The number of likely N-dealkylation sites (tertiary alicyclic amines) is 1. The van der Waals surface area contributed by atoms with Crippen LogP contribution in [0.15, 0.2) is 30.5 Å². The van der Waals surface area contributed by atoms with Gasteiger partial charge < -0.3 is 15.1 Å². The maximum Gasteiger partial charge on any atom is 0.323 e. The second-order valence-corrected chi connectivity index (χ2v) is 9.17. The summed E-state index contributed by atoms with van der Waals surface area (Å²) in [5.41, 5.74) is -0.495. The number of piperidine rings is 1. The first kappa shape index (κ1) is 22.8. The van der Waals surface area contributed by atoms with E-state index in [0.717, 1.165) is 11.3 Å². The minimum atomic E-state index is -1.78. The molecule has 0 saturated carbocycles. The molecular formula is C21H21ClF2N4O3S. The summed E-state index contributed by atoms with van der Waals surface area (Å²) in [5.74, 6) is -0.376. The number of carbonyl (C=O) groups excluding carboxylic acids is 1. The van der Waals surface area contributed by atoms with Crippen molar-refractivity contribution >= 4 is 44.3 Å². The molecule has 4 rings (SSSR count). The van der Waals surface area contributed by atoms with Gasteiger partial charge in [0, 0.05) is 38.5 Å². The number of aromatic nitrogens is 2. The monoisotopic (exact) mass is 482 g/mol. The number of pyridine rings is 1. The summed E-state index contributed by atoms with van der Waals surface area (Å²) in [4.78, 5) is 22.5. The fourth-order valence-corrected chi connectivity index (χ4v) is 4.92. The van der Waals surface area contributed by atoms with E-state index in [9.17, 15) is 14.3 Å². The lowest BCUT2D eigenvalue weighted by atomic mass is 9.89. The molecule has 1 aliphatic heterocycles. The Balaban J connectivity index is 1.39. The molecule has 1 saturated heterocycles. The third kappa shape index (κ3) is 4.83. The van der Waals surface area contributed by atoms with Crippen LogP contribution in [0.2, 0.25) is 5.02 Å². The molecule has 1 atom stereocenters. The van der Waals surface area contributed by atoms with Crippen molar-refractivity contribution < 1.29 is 23.8 Å². The molecule has 0 radical (unpaired) electrons. The van der Waals surface area contributed by atoms with Gasteiger partial charge in [0.2, 0.25) is 0 Å². The van der Waals surface area contributed by atoms with E-state index in [1.807, 2.05) is 0 Å². The molecule has 32 heavy (non-hydrogen) atoms. The molecule has 3 aromatic rings. The molecule has 7 nitrogen and oxygen atoms in total. The van der Waals surface area contributed by atoms with Crippen molar-refractivity contribution in [1.82, 2.24) is 14.9 Å². The molecule has 2 amide bonds. The standard InChI is InChI=1S/C21H21ClF2N4O3S/c22-15-8-12(7-14(30)11-29)10-25-18(15)21(24)3-5-28(6-4-21)20(31)27-19-26-16-2-1-13(23)9-17(16)32-19/h1-2,8-10,14,29-30H,3-7,11H2,(H,26,27,31). The van der Waals surface area contributed by atoms with Crippen LogP contribution in [0, 0.1) is 5.82 Å². The quantitative estimate of drug-likeness (QED) is 0.512. The van der Waals surface area contributed by atoms with Crippen LogP contribution in [0.1, 0.15) is 24.1 Å². The number of thiazole rings is 1. The van der Waals surface area contributed by atoms with E-state index < -0.39 is 24.4 Å². The summed E-state index contributed by atoms with van der Waals surface area (Å²) in [6, 6.07) is 5.34. The van der Waals surface area contributed by atoms with Crippen molar-refractivity contribution in [3.05, 3.63) is 52.6 Å². The summed E-state index contributed by atoms with van der Waals surface area (Å²) >= 11 is 7.43. The number of benzene rings is 1. The van der Waals surface area contributed by atoms with E-state index in [-0.39, 0.29) is 48.9 Å². The van der Waals surface area contributed by atoms with Gasteiger partial charge >= 0.3 is 6.03 Å². The molecule has 2 aromatic heterocycles. The molecule has 0 aliphatic carbocycles. The smallest absolute Gasteiger partial charge is 0.323 e. The lowest BCUT2D eigenvalue weighted by molar-refractivity contribution is 0.0683. The SMILES string of the molecule is O=C(Nc1nc2ccc(F)cc2s1)N1CCC(F)(c2ncc(CC(O)CO)cc2Cl)CC1. The van der Waals surface area contributed by atoms with Crippen molar-refractivity contribution in [3.63, 3.8) is 0 Å². The van der Waals surface area contributed by atoms with Crippen molar-refractivity contribution in [2.75, 3.05) is 25.0 Å². The van der Waals surface area contributed by atoms with Crippen LogP contribution < -0.4 is 5.32 Å². The highest BCUT2D eigenvalue weighted by atomic mass is 35.5. The molecule has 3 heterocycles. The van der Waals surface area contributed by atoms with Crippen LogP contribution in [0.4, 0.5) is 18.7 Å². The summed E-state index contributed by atoms with van der Waals surface area (Å²) in [5, 5.41) is 21.7. The van der Waals surface area contributed by atoms with Crippen LogP contribution in [-0.4, -0.2) is 56.9 Å². The molecule has 1 aliphatic rings. The van der Waals surface area contributed by atoms with Crippen LogP contribution >= 0.6 is 22.9 Å². The number of hydrogen-bond acceptors (Lipinski definition) is 6. The van der Waals surface area contributed by atoms with Crippen LogP contribution in [0.5, 0.6) is 0 Å². The Hall–Kier alpha value is -2.40. The highest BCUT2D eigenvalue weighted by molar-refractivity contribution is 7.22. The van der Waals surface area contributed by atoms with Crippen molar-refractivity contribution in [2.45, 2.75) is 31.0 Å². The minimum absolute atomic E-state index is 0.0246. The van der Waals surface area contributed by atoms with Crippen molar-refractivity contribution in [1.29, 1.82) is 0 Å². The van der Waals surface area contributed by atoms with Gasteiger partial charge in [-0.05, 0) is 29.8 Å². The number of carbonyl (C=O) groups is 1. The van der Waals surface area contributed by atoms with Gasteiger partial charge in [-0.2, -0.15) is 0 Å². The van der Waals surface area contributed by atoms with Gasteiger partial charge in [0.05, 0.1) is 33.6 Å². The number of aliphatic hydroxyl groups excluding tert-OH is 2. The number of fused-ring (bicyclic) bond motifs is 1.